The molecular weight excluding hydrogens is 274 g/mol. The van der Waals surface area contributed by atoms with Crippen LogP contribution in [0.3, 0.4) is 0 Å². The van der Waals surface area contributed by atoms with Crippen LogP contribution in [0, 0.1) is 23.2 Å². The molecule has 0 bridgehead atoms. The molecule has 0 radical (unpaired) electrons. The molecule has 7 heteroatoms. The molecule has 110 valence electrons. The van der Waals surface area contributed by atoms with Gasteiger partial charge in [0.2, 0.25) is 0 Å². The van der Waals surface area contributed by atoms with Crippen LogP contribution in [0.1, 0.15) is 17.7 Å². The van der Waals surface area contributed by atoms with Gasteiger partial charge in [-0.1, -0.05) is 6.07 Å². The van der Waals surface area contributed by atoms with Gasteiger partial charge in [-0.25, -0.2) is 4.98 Å². The molecule has 2 heterocycles. The molecule has 2 atom stereocenters. The molecule has 7 nitrogen and oxygen atoms in total. The van der Waals surface area contributed by atoms with Crippen molar-refractivity contribution in [2.45, 2.75) is 13.0 Å². The molecule has 2 rings (SSSR count). The molecule has 1 fully saturated rings. The minimum absolute atomic E-state index is 0.159. The Bertz CT molecular complexity index is 596. The number of carbonyl (C=O) groups is 2. The highest BCUT2D eigenvalue weighted by molar-refractivity contribution is 5.80. The minimum Gasteiger partial charge on any atom is -0.481 e. The maximum Gasteiger partial charge on any atom is 0.308 e. The molecule has 1 aliphatic heterocycles. The lowest BCUT2D eigenvalue weighted by Gasteiger charge is -2.34. The van der Waals surface area contributed by atoms with E-state index in [2.05, 4.69) is 4.98 Å². The molecule has 0 aliphatic carbocycles. The van der Waals surface area contributed by atoms with Crippen LogP contribution in [-0.2, 0) is 16.1 Å². The van der Waals surface area contributed by atoms with Gasteiger partial charge in [0.25, 0.3) is 0 Å². The van der Waals surface area contributed by atoms with Crippen molar-refractivity contribution in [1.29, 1.82) is 5.26 Å². The average molecular weight is 289 g/mol. The van der Waals surface area contributed by atoms with E-state index >= 15 is 0 Å². The SMILES string of the molecule is N#Cc1ncccc1CN1CCC(C(=O)O)C(C(=O)O)C1. The van der Waals surface area contributed by atoms with E-state index in [-0.39, 0.29) is 13.0 Å². The van der Waals surface area contributed by atoms with Crippen molar-refractivity contribution >= 4 is 11.9 Å². The first kappa shape index (κ1) is 14.9. The summed E-state index contributed by atoms with van der Waals surface area (Å²) in [7, 11) is 0. The predicted octanol–water partition coefficient (Wildman–Crippen LogP) is 0.561. The number of hydrogen-bond donors (Lipinski definition) is 2. The summed E-state index contributed by atoms with van der Waals surface area (Å²) in [6, 6.07) is 5.48. The topological polar surface area (TPSA) is 115 Å². The molecule has 0 aromatic carbocycles. The second kappa shape index (κ2) is 6.33. The van der Waals surface area contributed by atoms with Gasteiger partial charge < -0.3 is 10.2 Å². The van der Waals surface area contributed by atoms with Gasteiger partial charge in [-0.2, -0.15) is 5.26 Å². The Hall–Kier alpha value is -2.46. The fourth-order valence-electron chi connectivity index (χ4n) is 2.62. The first-order valence-electron chi connectivity index (χ1n) is 6.55. The number of hydrogen-bond acceptors (Lipinski definition) is 5. The Morgan fingerprint density at radius 3 is 2.71 bits per heavy atom. The normalized spacial score (nSPS) is 22.4. The quantitative estimate of drug-likeness (QED) is 0.832. The summed E-state index contributed by atoms with van der Waals surface area (Å²) in [6.45, 7) is 1.04. The first-order chi connectivity index (χ1) is 10.0. The van der Waals surface area contributed by atoms with Crippen LogP contribution in [-0.4, -0.2) is 45.1 Å². The molecule has 0 amide bonds. The van der Waals surface area contributed by atoms with Crippen molar-refractivity contribution in [2.75, 3.05) is 13.1 Å². The maximum absolute atomic E-state index is 11.2. The van der Waals surface area contributed by atoms with Crippen molar-refractivity contribution in [3.8, 4) is 6.07 Å². The zero-order chi connectivity index (χ0) is 15.4. The van der Waals surface area contributed by atoms with E-state index in [0.717, 1.165) is 5.56 Å². The molecule has 1 aromatic heterocycles. The third kappa shape index (κ3) is 3.35. The summed E-state index contributed by atoms with van der Waals surface area (Å²) >= 11 is 0. The molecule has 21 heavy (non-hydrogen) atoms. The lowest BCUT2D eigenvalue weighted by Crippen LogP contribution is -2.46. The van der Waals surface area contributed by atoms with E-state index in [1.54, 1.807) is 12.1 Å². The number of piperidine rings is 1. The Kier molecular flexibility index (Phi) is 4.50. The van der Waals surface area contributed by atoms with Crippen LogP contribution in [0.25, 0.3) is 0 Å². The molecule has 1 saturated heterocycles. The van der Waals surface area contributed by atoms with Crippen LogP contribution in [0.2, 0.25) is 0 Å². The van der Waals surface area contributed by atoms with Crippen molar-refractivity contribution in [1.82, 2.24) is 9.88 Å². The number of aliphatic carboxylic acids is 2. The predicted molar refractivity (Wildman–Crippen MR) is 71.1 cm³/mol. The van der Waals surface area contributed by atoms with Crippen molar-refractivity contribution < 1.29 is 19.8 Å². The Labute approximate surface area is 121 Å². The summed E-state index contributed by atoms with van der Waals surface area (Å²) in [5, 5.41) is 27.3. The summed E-state index contributed by atoms with van der Waals surface area (Å²) in [5.74, 6) is -3.96. The van der Waals surface area contributed by atoms with Crippen molar-refractivity contribution in [3.05, 3.63) is 29.6 Å². The second-order valence-corrected chi connectivity index (χ2v) is 5.04. The fourth-order valence-corrected chi connectivity index (χ4v) is 2.62. The van der Waals surface area contributed by atoms with Crippen LogP contribution in [0.15, 0.2) is 18.3 Å². The summed E-state index contributed by atoms with van der Waals surface area (Å²) in [4.78, 5) is 28.2. The number of nitrogens with zero attached hydrogens (tertiary/aromatic N) is 3. The number of aromatic nitrogens is 1. The number of carboxylic acid groups (broad SMARTS) is 2. The van der Waals surface area contributed by atoms with Crippen LogP contribution in [0.4, 0.5) is 0 Å². The average Bonchev–Trinajstić information content (AvgIpc) is 2.47. The third-order valence-corrected chi connectivity index (χ3v) is 3.72. The number of carboxylic acids is 2. The van der Waals surface area contributed by atoms with Gasteiger partial charge in [-0.05, 0) is 19.0 Å². The molecule has 2 unspecified atom stereocenters. The third-order valence-electron chi connectivity index (χ3n) is 3.72. The highest BCUT2D eigenvalue weighted by Gasteiger charge is 2.38. The molecule has 2 N–H and O–H groups in total. The van der Waals surface area contributed by atoms with E-state index in [0.29, 0.717) is 18.8 Å². The molecule has 0 spiro atoms. The number of likely N-dealkylation sites (tertiary alicyclic amines) is 1. The number of nitriles is 1. The van der Waals surface area contributed by atoms with E-state index in [9.17, 15) is 14.7 Å². The van der Waals surface area contributed by atoms with Crippen LogP contribution >= 0.6 is 0 Å². The van der Waals surface area contributed by atoms with Crippen LogP contribution < -0.4 is 0 Å². The van der Waals surface area contributed by atoms with Crippen molar-refractivity contribution in [3.63, 3.8) is 0 Å². The highest BCUT2D eigenvalue weighted by Crippen LogP contribution is 2.25. The zero-order valence-corrected chi connectivity index (χ0v) is 11.3. The molecule has 1 aromatic rings. The van der Waals surface area contributed by atoms with E-state index in [1.165, 1.54) is 6.20 Å². The lowest BCUT2D eigenvalue weighted by atomic mass is 9.85. The summed E-state index contributed by atoms with van der Waals surface area (Å²) < 4.78 is 0. The molecular formula is C14H15N3O4. The summed E-state index contributed by atoms with van der Waals surface area (Å²) in [6.07, 6.45) is 1.81. The van der Waals surface area contributed by atoms with Gasteiger partial charge in [-0.3, -0.25) is 14.5 Å². The van der Waals surface area contributed by atoms with E-state index in [4.69, 9.17) is 10.4 Å². The molecule has 0 saturated carbocycles. The van der Waals surface area contributed by atoms with Gasteiger partial charge >= 0.3 is 11.9 Å². The standard InChI is InChI=1S/C14H15N3O4/c15-6-12-9(2-1-4-16-12)7-17-5-3-10(13(18)19)11(8-17)14(20)21/h1-2,4,10-11H,3,5,7-8H2,(H,18,19)(H,20,21). The maximum atomic E-state index is 11.2. The first-order valence-corrected chi connectivity index (χ1v) is 6.55. The Balaban J connectivity index is 2.11. The number of rotatable bonds is 4. The van der Waals surface area contributed by atoms with Crippen LogP contribution in [0.5, 0.6) is 0 Å². The Morgan fingerprint density at radius 1 is 1.38 bits per heavy atom. The number of pyridine rings is 1. The van der Waals surface area contributed by atoms with Gasteiger partial charge in [0.1, 0.15) is 11.8 Å². The van der Waals surface area contributed by atoms with Gasteiger partial charge in [0, 0.05) is 24.8 Å². The fraction of sp³-hybridized carbons (Fsp3) is 0.429. The van der Waals surface area contributed by atoms with Gasteiger partial charge in [-0.15, -0.1) is 0 Å². The highest BCUT2D eigenvalue weighted by atomic mass is 16.4. The molecule has 1 aliphatic rings. The van der Waals surface area contributed by atoms with E-state index in [1.807, 2.05) is 11.0 Å². The van der Waals surface area contributed by atoms with Crippen molar-refractivity contribution in [2.24, 2.45) is 11.8 Å². The Morgan fingerprint density at radius 2 is 2.10 bits per heavy atom. The lowest BCUT2D eigenvalue weighted by molar-refractivity contribution is -0.157. The smallest absolute Gasteiger partial charge is 0.308 e. The van der Waals surface area contributed by atoms with E-state index < -0.39 is 23.8 Å². The van der Waals surface area contributed by atoms with Gasteiger partial charge in [0.05, 0.1) is 11.8 Å². The van der Waals surface area contributed by atoms with Gasteiger partial charge in [0.15, 0.2) is 0 Å². The monoisotopic (exact) mass is 289 g/mol. The summed E-state index contributed by atoms with van der Waals surface area (Å²) in [5.41, 5.74) is 1.03. The minimum atomic E-state index is -1.10. The largest absolute Gasteiger partial charge is 0.481 e. The second-order valence-electron chi connectivity index (χ2n) is 5.04. The zero-order valence-electron chi connectivity index (χ0n) is 11.3.